The molecule has 3 aromatic rings. The largest absolute Gasteiger partial charge is 0.477 e. The van der Waals surface area contributed by atoms with Crippen LogP contribution in [0.25, 0.3) is 17.0 Å². The lowest BCUT2D eigenvalue weighted by Gasteiger charge is -2.02. The fourth-order valence-electron chi connectivity index (χ4n) is 1.92. The average molecular weight is 264 g/mol. The van der Waals surface area contributed by atoms with Gasteiger partial charge in [-0.05, 0) is 18.2 Å². The van der Waals surface area contributed by atoms with Gasteiger partial charge in [0.1, 0.15) is 0 Å². The van der Waals surface area contributed by atoms with Gasteiger partial charge in [0.15, 0.2) is 5.69 Å². The van der Waals surface area contributed by atoms with Crippen LogP contribution in [0.2, 0.25) is 0 Å². The van der Waals surface area contributed by atoms with Gasteiger partial charge in [-0.2, -0.15) is 5.26 Å². The smallest absolute Gasteiger partial charge is 0.354 e. The van der Waals surface area contributed by atoms with E-state index in [4.69, 9.17) is 10.4 Å². The predicted molar refractivity (Wildman–Crippen MR) is 70.1 cm³/mol. The number of fused-ring (bicyclic) bond motifs is 1. The van der Waals surface area contributed by atoms with Crippen LogP contribution in [-0.2, 0) is 0 Å². The Morgan fingerprint density at radius 2 is 2.00 bits per heavy atom. The molecule has 20 heavy (non-hydrogen) atoms. The minimum absolute atomic E-state index is 0.0468. The Hall–Kier alpha value is -3.20. The maximum atomic E-state index is 10.9. The minimum Gasteiger partial charge on any atom is -0.477 e. The number of nitriles is 1. The van der Waals surface area contributed by atoms with Crippen LogP contribution in [0.3, 0.4) is 0 Å². The number of aromatic carboxylic acids is 1. The van der Waals surface area contributed by atoms with E-state index in [0.29, 0.717) is 11.3 Å². The Bertz CT molecular complexity index is 844. The molecule has 0 amide bonds. The predicted octanol–water partition coefficient (Wildman–Crippen LogP) is 1.97. The number of rotatable bonds is 2. The molecule has 0 unspecified atom stereocenters. The van der Waals surface area contributed by atoms with Crippen LogP contribution < -0.4 is 0 Å². The summed E-state index contributed by atoms with van der Waals surface area (Å²) in [6.07, 6.45) is 3.24. The molecule has 0 bridgehead atoms. The molecule has 0 saturated carbocycles. The standard InChI is InChI=1S/C14H8N4O2/c15-7-9-1-3-10(4-2-9)12-8-16-14-17-11(13(19)20)5-6-18(12)14/h1-6,8H,(H,19,20). The number of imidazole rings is 1. The highest BCUT2D eigenvalue weighted by atomic mass is 16.4. The van der Waals surface area contributed by atoms with Gasteiger partial charge < -0.3 is 5.11 Å². The summed E-state index contributed by atoms with van der Waals surface area (Å²) in [6, 6.07) is 10.5. The van der Waals surface area contributed by atoms with Crippen LogP contribution in [0.5, 0.6) is 0 Å². The molecule has 0 fully saturated rings. The lowest BCUT2D eigenvalue weighted by Crippen LogP contribution is -2.02. The second kappa shape index (κ2) is 4.48. The van der Waals surface area contributed by atoms with E-state index in [-0.39, 0.29) is 5.69 Å². The molecular weight excluding hydrogens is 256 g/mol. The summed E-state index contributed by atoms with van der Waals surface area (Å²) in [4.78, 5) is 18.9. The fraction of sp³-hybridized carbons (Fsp3) is 0. The van der Waals surface area contributed by atoms with E-state index < -0.39 is 5.97 Å². The molecule has 2 aromatic heterocycles. The number of nitrogens with zero attached hydrogens (tertiary/aromatic N) is 4. The zero-order valence-corrected chi connectivity index (χ0v) is 10.2. The van der Waals surface area contributed by atoms with Crippen molar-refractivity contribution in [3.63, 3.8) is 0 Å². The summed E-state index contributed by atoms with van der Waals surface area (Å²) in [6.45, 7) is 0. The van der Waals surface area contributed by atoms with Gasteiger partial charge in [0.25, 0.3) is 0 Å². The first kappa shape index (κ1) is 11.9. The average Bonchev–Trinajstić information content (AvgIpc) is 2.90. The molecule has 6 nitrogen and oxygen atoms in total. The molecule has 0 atom stereocenters. The number of carboxylic acids is 1. The second-order valence-electron chi connectivity index (χ2n) is 4.12. The van der Waals surface area contributed by atoms with E-state index in [9.17, 15) is 4.79 Å². The summed E-state index contributed by atoms with van der Waals surface area (Å²) >= 11 is 0. The molecule has 2 heterocycles. The maximum absolute atomic E-state index is 10.9. The molecular formula is C14H8N4O2. The molecule has 0 radical (unpaired) electrons. The van der Waals surface area contributed by atoms with Gasteiger partial charge in [-0.25, -0.2) is 14.8 Å². The second-order valence-corrected chi connectivity index (χ2v) is 4.12. The first-order valence-electron chi connectivity index (χ1n) is 5.77. The number of benzene rings is 1. The van der Waals surface area contributed by atoms with E-state index in [0.717, 1.165) is 11.3 Å². The summed E-state index contributed by atoms with van der Waals surface area (Å²) in [5.74, 6) is -0.764. The van der Waals surface area contributed by atoms with Gasteiger partial charge in [-0.3, -0.25) is 4.40 Å². The molecule has 6 heteroatoms. The Kier molecular flexibility index (Phi) is 2.66. The van der Waals surface area contributed by atoms with E-state index in [2.05, 4.69) is 16.0 Å². The Labute approximate surface area is 113 Å². The van der Waals surface area contributed by atoms with Crippen LogP contribution in [0.4, 0.5) is 0 Å². The van der Waals surface area contributed by atoms with E-state index in [1.54, 1.807) is 28.9 Å². The van der Waals surface area contributed by atoms with Gasteiger partial charge in [-0.1, -0.05) is 12.1 Å². The minimum atomic E-state index is -1.09. The van der Waals surface area contributed by atoms with Crippen LogP contribution in [0.15, 0.2) is 42.7 Å². The highest BCUT2D eigenvalue weighted by Gasteiger charge is 2.10. The maximum Gasteiger partial charge on any atom is 0.354 e. The number of carboxylic acid groups (broad SMARTS) is 1. The SMILES string of the molecule is N#Cc1ccc(-c2cnc3nc(C(=O)O)ccn23)cc1. The van der Waals surface area contributed by atoms with Gasteiger partial charge in [0.2, 0.25) is 5.78 Å². The Balaban J connectivity index is 2.12. The van der Waals surface area contributed by atoms with E-state index in [1.807, 2.05) is 12.1 Å². The van der Waals surface area contributed by atoms with Crippen molar-refractivity contribution in [3.8, 4) is 17.3 Å². The Morgan fingerprint density at radius 3 is 2.65 bits per heavy atom. The molecule has 0 aliphatic heterocycles. The summed E-state index contributed by atoms with van der Waals surface area (Å²) in [5.41, 5.74) is 2.19. The summed E-state index contributed by atoms with van der Waals surface area (Å²) < 4.78 is 1.70. The fourth-order valence-corrected chi connectivity index (χ4v) is 1.92. The monoisotopic (exact) mass is 264 g/mol. The zero-order chi connectivity index (χ0) is 14.1. The van der Waals surface area contributed by atoms with Crippen molar-refractivity contribution in [2.45, 2.75) is 0 Å². The van der Waals surface area contributed by atoms with Crippen molar-refractivity contribution < 1.29 is 9.90 Å². The molecule has 0 aliphatic carbocycles. The summed E-state index contributed by atoms with van der Waals surface area (Å²) in [7, 11) is 0. The lowest BCUT2D eigenvalue weighted by atomic mass is 10.1. The number of hydrogen-bond acceptors (Lipinski definition) is 4. The van der Waals surface area contributed by atoms with Gasteiger partial charge in [-0.15, -0.1) is 0 Å². The molecule has 0 spiro atoms. The van der Waals surface area contributed by atoms with Crippen molar-refractivity contribution in [2.75, 3.05) is 0 Å². The van der Waals surface area contributed by atoms with Gasteiger partial charge >= 0.3 is 5.97 Å². The van der Waals surface area contributed by atoms with E-state index >= 15 is 0 Å². The first-order chi connectivity index (χ1) is 9.69. The summed E-state index contributed by atoms with van der Waals surface area (Å²) in [5, 5.41) is 17.7. The van der Waals surface area contributed by atoms with Crippen molar-refractivity contribution in [1.29, 1.82) is 5.26 Å². The molecule has 0 saturated heterocycles. The Morgan fingerprint density at radius 1 is 1.25 bits per heavy atom. The van der Waals surface area contributed by atoms with Crippen molar-refractivity contribution >= 4 is 11.7 Å². The normalized spacial score (nSPS) is 10.3. The number of hydrogen-bond donors (Lipinski definition) is 1. The molecule has 96 valence electrons. The first-order valence-corrected chi connectivity index (χ1v) is 5.77. The van der Waals surface area contributed by atoms with Crippen LogP contribution in [0.1, 0.15) is 16.1 Å². The highest BCUT2D eigenvalue weighted by Crippen LogP contribution is 2.20. The number of aromatic nitrogens is 3. The van der Waals surface area contributed by atoms with E-state index in [1.165, 1.54) is 6.07 Å². The molecule has 1 N–H and O–H groups in total. The van der Waals surface area contributed by atoms with Gasteiger partial charge in [0, 0.05) is 11.8 Å². The van der Waals surface area contributed by atoms with Crippen LogP contribution in [0, 0.1) is 11.3 Å². The van der Waals surface area contributed by atoms with Crippen molar-refractivity contribution in [3.05, 3.63) is 54.0 Å². The molecule has 3 rings (SSSR count). The highest BCUT2D eigenvalue weighted by molar-refractivity contribution is 5.85. The zero-order valence-electron chi connectivity index (χ0n) is 10.2. The third kappa shape index (κ3) is 1.87. The van der Waals surface area contributed by atoms with Crippen molar-refractivity contribution in [1.82, 2.24) is 14.4 Å². The molecule has 1 aromatic carbocycles. The van der Waals surface area contributed by atoms with Gasteiger partial charge in [0.05, 0.1) is 23.5 Å². The van der Waals surface area contributed by atoms with Crippen LogP contribution in [-0.4, -0.2) is 25.4 Å². The quantitative estimate of drug-likeness (QED) is 0.764. The third-order valence-corrected chi connectivity index (χ3v) is 2.91. The number of carbonyl (C=O) groups is 1. The topological polar surface area (TPSA) is 91.3 Å². The van der Waals surface area contributed by atoms with Crippen molar-refractivity contribution in [2.24, 2.45) is 0 Å². The van der Waals surface area contributed by atoms with Crippen LogP contribution >= 0.6 is 0 Å². The lowest BCUT2D eigenvalue weighted by molar-refractivity contribution is 0.0690. The third-order valence-electron chi connectivity index (χ3n) is 2.91. The molecule has 0 aliphatic rings.